The van der Waals surface area contributed by atoms with Crippen LogP contribution in [0.3, 0.4) is 0 Å². The Morgan fingerprint density at radius 1 is 0.967 bits per heavy atom. The zero-order chi connectivity index (χ0) is 21.1. The maximum Gasteiger partial charge on any atom is 0.409 e. The van der Waals surface area contributed by atoms with Crippen LogP contribution in [0.5, 0.6) is 0 Å². The van der Waals surface area contributed by atoms with Crippen molar-refractivity contribution in [3.8, 4) is 11.1 Å². The summed E-state index contributed by atoms with van der Waals surface area (Å²) in [4.78, 5) is 36.8. The minimum atomic E-state index is -1.07. The van der Waals surface area contributed by atoms with Gasteiger partial charge in [-0.1, -0.05) is 48.5 Å². The number of benzene rings is 2. The van der Waals surface area contributed by atoms with E-state index in [0.29, 0.717) is 25.9 Å². The second-order valence-corrected chi connectivity index (χ2v) is 7.68. The van der Waals surface area contributed by atoms with E-state index < -0.39 is 5.97 Å². The number of carbonyl (C=O) groups is 3. The van der Waals surface area contributed by atoms with Crippen LogP contribution in [-0.2, 0) is 14.3 Å². The number of likely N-dealkylation sites (tertiary alicyclic amines) is 1. The monoisotopic (exact) mass is 408 g/mol. The largest absolute Gasteiger partial charge is 0.480 e. The normalized spacial score (nSPS) is 15.9. The summed E-state index contributed by atoms with van der Waals surface area (Å²) in [5.41, 5.74) is 4.70. The van der Waals surface area contributed by atoms with Gasteiger partial charge in [0.2, 0.25) is 5.91 Å². The molecule has 2 N–H and O–H groups in total. The SMILES string of the molecule is O=C(O)CNC(=O)C1CCN(C(=O)OCC2c3ccccc3-c3ccccc32)CC1. The Balaban J connectivity index is 1.33. The Hall–Kier alpha value is -3.35. The van der Waals surface area contributed by atoms with Gasteiger partial charge in [0.25, 0.3) is 0 Å². The summed E-state index contributed by atoms with van der Waals surface area (Å²) >= 11 is 0. The Bertz CT molecular complexity index is 920. The molecule has 0 saturated carbocycles. The van der Waals surface area contributed by atoms with Gasteiger partial charge < -0.3 is 20.1 Å². The highest BCUT2D eigenvalue weighted by Gasteiger charge is 2.31. The zero-order valence-corrected chi connectivity index (χ0v) is 16.5. The lowest BCUT2D eigenvalue weighted by atomic mass is 9.96. The van der Waals surface area contributed by atoms with Crippen molar-refractivity contribution in [3.63, 3.8) is 0 Å². The van der Waals surface area contributed by atoms with Crippen molar-refractivity contribution in [2.45, 2.75) is 18.8 Å². The fourth-order valence-electron chi connectivity index (χ4n) is 4.32. The lowest BCUT2D eigenvalue weighted by Gasteiger charge is -2.31. The fraction of sp³-hybridized carbons (Fsp3) is 0.348. The van der Waals surface area contributed by atoms with Gasteiger partial charge in [-0.15, -0.1) is 0 Å². The predicted molar refractivity (Wildman–Crippen MR) is 110 cm³/mol. The fourth-order valence-corrected chi connectivity index (χ4v) is 4.32. The number of carboxylic acid groups (broad SMARTS) is 1. The molecule has 1 fully saturated rings. The standard InChI is InChI=1S/C23H24N2O5/c26-21(27)13-24-22(28)15-9-11-25(12-10-15)23(29)30-14-20-18-7-3-1-5-16(18)17-6-2-4-8-19(17)20/h1-8,15,20H,9-14H2,(H,24,28)(H,26,27). The van der Waals surface area contributed by atoms with Crippen LogP contribution < -0.4 is 5.32 Å². The molecule has 1 aliphatic carbocycles. The lowest BCUT2D eigenvalue weighted by Crippen LogP contribution is -2.44. The molecule has 30 heavy (non-hydrogen) atoms. The number of piperidine rings is 1. The van der Waals surface area contributed by atoms with Gasteiger partial charge in [0.1, 0.15) is 13.2 Å². The van der Waals surface area contributed by atoms with Crippen molar-refractivity contribution in [1.82, 2.24) is 10.2 Å². The first-order valence-corrected chi connectivity index (χ1v) is 10.1. The molecule has 1 heterocycles. The van der Waals surface area contributed by atoms with Crippen molar-refractivity contribution in [3.05, 3.63) is 59.7 Å². The van der Waals surface area contributed by atoms with Crippen LogP contribution in [0.25, 0.3) is 11.1 Å². The number of nitrogens with one attached hydrogen (secondary N) is 1. The quantitative estimate of drug-likeness (QED) is 0.793. The number of amides is 2. The highest BCUT2D eigenvalue weighted by atomic mass is 16.6. The molecule has 2 aliphatic rings. The van der Waals surface area contributed by atoms with Crippen LogP contribution in [0.1, 0.15) is 29.9 Å². The third-order valence-electron chi connectivity index (χ3n) is 5.87. The Kier molecular flexibility index (Phi) is 5.70. The molecule has 2 aromatic carbocycles. The number of nitrogens with zero attached hydrogens (tertiary/aromatic N) is 1. The summed E-state index contributed by atoms with van der Waals surface area (Å²) < 4.78 is 5.66. The maximum atomic E-state index is 12.6. The Morgan fingerprint density at radius 2 is 1.53 bits per heavy atom. The molecular weight excluding hydrogens is 384 g/mol. The lowest BCUT2D eigenvalue weighted by molar-refractivity contribution is -0.138. The van der Waals surface area contributed by atoms with Crippen LogP contribution in [0.15, 0.2) is 48.5 Å². The first-order valence-electron chi connectivity index (χ1n) is 10.1. The third-order valence-corrected chi connectivity index (χ3v) is 5.87. The molecule has 1 aliphatic heterocycles. The number of aliphatic carboxylic acids is 1. The molecule has 2 amide bonds. The van der Waals surface area contributed by atoms with E-state index in [1.54, 1.807) is 4.90 Å². The molecule has 7 heteroatoms. The number of carbonyl (C=O) groups excluding carboxylic acids is 2. The minimum absolute atomic E-state index is 0.0145. The van der Waals surface area contributed by atoms with E-state index >= 15 is 0 Å². The highest BCUT2D eigenvalue weighted by molar-refractivity contribution is 5.83. The Labute approximate surface area is 174 Å². The van der Waals surface area contributed by atoms with Crippen molar-refractivity contribution in [2.24, 2.45) is 5.92 Å². The molecule has 1 saturated heterocycles. The van der Waals surface area contributed by atoms with Crippen molar-refractivity contribution in [1.29, 1.82) is 0 Å². The number of rotatable bonds is 5. The topological polar surface area (TPSA) is 95.9 Å². The van der Waals surface area contributed by atoms with Gasteiger partial charge in [0.05, 0.1) is 0 Å². The summed E-state index contributed by atoms with van der Waals surface area (Å²) in [5.74, 6) is -1.60. The Morgan fingerprint density at radius 3 is 2.10 bits per heavy atom. The minimum Gasteiger partial charge on any atom is -0.480 e. The summed E-state index contributed by atoms with van der Waals surface area (Å²) in [7, 11) is 0. The molecule has 0 atom stereocenters. The molecule has 4 rings (SSSR count). The molecule has 0 spiro atoms. The smallest absolute Gasteiger partial charge is 0.409 e. The van der Waals surface area contributed by atoms with E-state index in [1.807, 2.05) is 24.3 Å². The average molecular weight is 408 g/mol. The second-order valence-electron chi connectivity index (χ2n) is 7.68. The van der Waals surface area contributed by atoms with Crippen LogP contribution >= 0.6 is 0 Å². The maximum absolute atomic E-state index is 12.6. The van der Waals surface area contributed by atoms with Crippen LogP contribution in [-0.4, -0.2) is 54.2 Å². The van der Waals surface area contributed by atoms with Crippen molar-refractivity contribution in [2.75, 3.05) is 26.2 Å². The number of carboxylic acids is 1. The number of hydrogen-bond acceptors (Lipinski definition) is 4. The summed E-state index contributed by atoms with van der Waals surface area (Å²) in [6, 6.07) is 16.4. The molecule has 0 bridgehead atoms. The van der Waals surface area contributed by atoms with E-state index in [4.69, 9.17) is 9.84 Å². The molecular formula is C23H24N2O5. The molecule has 156 valence electrons. The summed E-state index contributed by atoms with van der Waals surface area (Å²) in [6.07, 6.45) is 0.618. The first kappa shape index (κ1) is 19.9. The number of ether oxygens (including phenoxy) is 1. The van der Waals surface area contributed by atoms with Gasteiger partial charge >= 0.3 is 12.1 Å². The summed E-state index contributed by atoms with van der Waals surface area (Å²) in [6.45, 7) is 0.723. The molecule has 0 radical (unpaired) electrons. The van der Waals surface area contributed by atoms with E-state index in [0.717, 1.165) is 0 Å². The number of hydrogen-bond donors (Lipinski definition) is 2. The second kappa shape index (κ2) is 8.57. The molecule has 0 unspecified atom stereocenters. The molecule has 7 nitrogen and oxygen atoms in total. The molecule has 2 aromatic rings. The van der Waals surface area contributed by atoms with E-state index in [-0.39, 0.29) is 37.0 Å². The predicted octanol–water partition coefficient (Wildman–Crippen LogP) is 2.85. The highest BCUT2D eigenvalue weighted by Crippen LogP contribution is 2.44. The van der Waals surface area contributed by atoms with Crippen LogP contribution in [0, 0.1) is 5.92 Å². The van der Waals surface area contributed by atoms with E-state index in [1.165, 1.54) is 22.3 Å². The van der Waals surface area contributed by atoms with Gasteiger partial charge in [-0.2, -0.15) is 0 Å². The van der Waals surface area contributed by atoms with Gasteiger partial charge in [0.15, 0.2) is 0 Å². The summed E-state index contributed by atoms with van der Waals surface area (Å²) in [5, 5.41) is 11.1. The first-order chi connectivity index (χ1) is 14.5. The van der Waals surface area contributed by atoms with Crippen molar-refractivity contribution < 1.29 is 24.2 Å². The zero-order valence-electron chi connectivity index (χ0n) is 16.5. The van der Waals surface area contributed by atoms with Crippen LogP contribution in [0.2, 0.25) is 0 Å². The van der Waals surface area contributed by atoms with E-state index in [9.17, 15) is 14.4 Å². The van der Waals surface area contributed by atoms with Gasteiger partial charge in [-0.3, -0.25) is 9.59 Å². The van der Waals surface area contributed by atoms with Crippen LogP contribution in [0.4, 0.5) is 4.79 Å². The van der Waals surface area contributed by atoms with Gasteiger partial charge in [-0.25, -0.2) is 4.79 Å². The van der Waals surface area contributed by atoms with Gasteiger partial charge in [-0.05, 0) is 35.1 Å². The van der Waals surface area contributed by atoms with E-state index in [2.05, 4.69) is 29.6 Å². The van der Waals surface area contributed by atoms with Crippen molar-refractivity contribution >= 4 is 18.0 Å². The third kappa shape index (κ3) is 4.01. The molecule has 0 aromatic heterocycles. The number of fused-ring (bicyclic) bond motifs is 3. The average Bonchev–Trinajstić information content (AvgIpc) is 3.09. The van der Waals surface area contributed by atoms with Gasteiger partial charge in [0, 0.05) is 24.9 Å².